The Hall–Kier alpha value is -2.20. The first-order chi connectivity index (χ1) is 15.6. The van der Waals surface area contributed by atoms with Crippen LogP contribution in [0, 0.1) is 12.3 Å². The van der Waals surface area contributed by atoms with Crippen molar-refractivity contribution in [2.24, 2.45) is 5.41 Å². The molecule has 1 atom stereocenters. The van der Waals surface area contributed by atoms with Gasteiger partial charge in [-0.2, -0.15) is 0 Å². The van der Waals surface area contributed by atoms with Crippen molar-refractivity contribution in [1.29, 1.82) is 0 Å². The largest absolute Gasteiger partial charge is 0.377 e. The number of hydrogen-bond acceptors (Lipinski definition) is 3. The molecule has 1 spiro atoms. The third-order valence-electron chi connectivity index (χ3n) is 8.28. The summed E-state index contributed by atoms with van der Waals surface area (Å²) >= 11 is 0. The zero-order chi connectivity index (χ0) is 22.0. The molecule has 2 saturated heterocycles. The molecule has 2 aromatic rings. The average molecular weight is 433 g/mol. The molecular formula is C28H36N2O2. The number of hydrogen-bond donors (Lipinski definition) is 0. The molecule has 1 aromatic heterocycles. The Morgan fingerprint density at radius 1 is 1.03 bits per heavy atom. The highest BCUT2D eigenvalue weighted by atomic mass is 16.5. The lowest BCUT2D eigenvalue weighted by Gasteiger charge is -2.44. The maximum Gasteiger partial charge on any atom is 0.233 e. The standard InChI is InChI=1S/C28H36N2O2/c1-22-8-10-23(11-9-22)28(12-4-2-5-13-28)26(31)30-17-14-27(15-18-30)20-25(32-21-27)19-24-7-3-6-16-29-24/h3,6-11,16,25H,2,4-5,12-15,17-21H2,1H3/t25-/m1/s1. The number of rotatable bonds is 4. The number of carbonyl (C=O) groups excluding carboxylic acids is 1. The number of aromatic nitrogens is 1. The molecule has 0 radical (unpaired) electrons. The van der Waals surface area contributed by atoms with E-state index in [9.17, 15) is 4.79 Å². The summed E-state index contributed by atoms with van der Waals surface area (Å²) in [5.41, 5.74) is 3.52. The molecular weight excluding hydrogens is 396 g/mol. The Bertz CT molecular complexity index is 910. The molecule has 32 heavy (non-hydrogen) atoms. The van der Waals surface area contributed by atoms with Crippen LogP contribution >= 0.6 is 0 Å². The predicted molar refractivity (Wildman–Crippen MR) is 126 cm³/mol. The Morgan fingerprint density at radius 3 is 2.47 bits per heavy atom. The molecule has 5 rings (SSSR count). The second-order valence-corrected chi connectivity index (χ2v) is 10.5. The Morgan fingerprint density at radius 2 is 1.78 bits per heavy atom. The van der Waals surface area contributed by atoms with Gasteiger partial charge in [0.1, 0.15) is 0 Å². The number of likely N-dealkylation sites (tertiary alicyclic amines) is 1. The topological polar surface area (TPSA) is 42.4 Å². The van der Waals surface area contributed by atoms with E-state index in [1.54, 1.807) is 0 Å². The van der Waals surface area contributed by atoms with E-state index < -0.39 is 0 Å². The highest BCUT2D eigenvalue weighted by Gasteiger charge is 2.47. The molecule has 0 bridgehead atoms. The van der Waals surface area contributed by atoms with Crippen LogP contribution < -0.4 is 0 Å². The fourth-order valence-corrected chi connectivity index (χ4v) is 6.27. The summed E-state index contributed by atoms with van der Waals surface area (Å²) in [6.07, 6.45) is 11.8. The zero-order valence-electron chi connectivity index (χ0n) is 19.4. The van der Waals surface area contributed by atoms with Crippen LogP contribution in [0.4, 0.5) is 0 Å². The van der Waals surface area contributed by atoms with Crippen molar-refractivity contribution in [2.45, 2.75) is 76.2 Å². The molecule has 1 aromatic carbocycles. The summed E-state index contributed by atoms with van der Waals surface area (Å²) in [7, 11) is 0. The van der Waals surface area contributed by atoms with E-state index in [2.05, 4.69) is 47.1 Å². The molecule has 1 saturated carbocycles. The Kier molecular flexibility index (Phi) is 6.07. The molecule has 0 unspecified atom stereocenters. The van der Waals surface area contributed by atoms with Crippen molar-refractivity contribution in [3.8, 4) is 0 Å². The van der Waals surface area contributed by atoms with Crippen LogP contribution in [0.1, 0.15) is 68.2 Å². The van der Waals surface area contributed by atoms with Crippen LogP contribution in [0.3, 0.4) is 0 Å². The number of ether oxygens (including phenoxy) is 1. The molecule has 1 aliphatic carbocycles. The van der Waals surface area contributed by atoms with Crippen molar-refractivity contribution in [3.05, 3.63) is 65.5 Å². The number of pyridine rings is 1. The molecule has 3 heterocycles. The first-order valence-corrected chi connectivity index (χ1v) is 12.5. The lowest BCUT2D eigenvalue weighted by molar-refractivity contribution is -0.141. The maximum absolute atomic E-state index is 14.0. The first-order valence-electron chi connectivity index (χ1n) is 12.5. The van der Waals surface area contributed by atoms with Gasteiger partial charge in [0.05, 0.1) is 18.1 Å². The predicted octanol–water partition coefficient (Wildman–Crippen LogP) is 5.23. The summed E-state index contributed by atoms with van der Waals surface area (Å²) in [5.74, 6) is 0.375. The molecule has 3 aliphatic rings. The second kappa shape index (κ2) is 8.97. The molecule has 4 heteroatoms. The second-order valence-electron chi connectivity index (χ2n) is 10.5. The third-order valence-corrected chi connectivity index (χ3v) is 8.28. The number of carbonyl (C=O) groups is 1. The lowest BCUT2D eigenvalue weighted by Crippen LogP contribution is -2.52. The number of nitrogens with zero attached hydrogens (tertiary/aromatic N) is 2. The zero-order valence-corrected chi connectivity index (χ0v) is 19.4. The van der Waals surface area contributed by atoms with Gasteiger partial charge in [-0.15, -0.1) is 0 Å². The summed E-state index contributed by atoms with van der Waals surface area (Å²) in [4.78, 5) is 20.6. The lowest BCUT2D eigenvalue weighted by atomic mass is 9.67. The van der Waals surface area contributed by atoms with Gasteiger partial charge in [0.25, 0.3) is 0 Å². The molecule has 2 aliphatic heterocycles. The van der Waals surface area contributed by atoms with Crippen LogP contribution in [-0.4, -0.2) is 41.6 Å². The Labute approximate surface area is 192 Å². The SMILES string of the molecule is Cc1ccc(C2(C(=O)N3CCC4(CC3)CO[C@H](Cc3ccccn3)C4)CCCCC2)cc1. The highest BCUT2D eigenvalue weighted by molar-refractivity contribution is 5.88. The van der Waals surface area contributed by atoms with Crippen LogP contribution in [0.2, 0.25) is 0 Å². The number of amides is 1. The van der Waals surface area contributed by atoms with Gasteiger partial charge in [0, 0.05) is 31.4 Å². The van der Waals surface area contributed by atoms with E-state index in [4.69, 9.17) is 4.74 Å². The summed E-state index contributed by atoms with van der Waals surface area (Å²) in [6, 6.07) is 14.8. The van der Waals surface area contributed by atoms with Gasteiger partial charge in [-0.25, -0.2) is 0 Å². The third kappa shape index (κ3) is 4.22. The van der Waals surface area contributed by atoms with Crippen molar-refractivity contribution in [3.63, 3.8) is 0 Å². The monoisotopic (exact) mass is 432 g/mol. The summed E-state index contributed by atoms with van der Waals surface area (Å²) in [5, 5.41) is 0. The smallest absolute Gasteiger partial charge is 0.233 e. The summed E-state index contributed by atoms with van der Waals surface area (Å²) < 4.78 is 6.22. The minimum absolute atomic E-state index is 0.236. The van der Waals surface area contributed by atoms with Gasteiger partial charge in [0.2, 0.25) is 5.91 Å². The van der Waals surface area contributed by atoms with E-state index in [1.807, 2.05) is 18.3 Å². The quantitative estimate of drug-likeness (QED) is 0.664. The number of aryl methyl sites for hydroxylation is 1. The van der Waals surface area contributed by atoms with Crippen molar-refractivity contribution in [2.75, 3.05) is 19.7 Å². The molecule has 3 fully saturated rings. The van der Waals surface area contributed by atoms with Gasteiger partial charge in [-0.3, -0.25) is 9.78 Å². The number of benzene rings is 1. The maximum atomic E-state index is 14.0. The van der Waals surface area contributed by atoms with Crippen LogP contribution in [0.15, 0.2) is 48.7 Å². The normalized spacial score (nSPS) is 24.5. The molecule has 170 valence electrons. The molecule has 0 N–H and O–H groups in total. The van der Waals surface area contributed by atoms with Crippen LogP contribution in [0.25, 0.3) is 0 Å². The van der Waals surface area contributed by atoms with Crippen molar-refractivity contribution >= 4 is 5.91 Å². The van der Waals surface area contributed by atoms with E-state index in [1.165, 1.54) is 17.5 Å². The van der Waals surface area contributed by atoms with Gasteiger partial charge in [0.15, 0.2) is 0 Å². The van der Waals surface area contributed by atoms with Crippen molar-refractivity contribution < 1.29 is 9.53 Å². The van der Waals surface area contributed by atoms with Gasteiger partial charge >= 0.3 is 0 Å². The van der Waals surface area contributed by atoms with E-state index >= 15 is 0 Å². The highest BCUT2D eigenvalue weighted by Crippen LogP contribution is 2.45. The Balaban J connectivity index is 1.25. The molecule has 4 nitrogen and oxygen atoms in total. The minimum atomic E-state index is -0.315. The fraction of sp³-hybridized carbons (Fsp3) is 0.571. The minimum Gasteiger partial charge on any atom is -0.377 e. The van der Waals surface area contributed by atoms with Crippen LogP contribution in [-0.2, 0) is 21.4 Å². The number of piperidine rings is 1. The van der Waals surface area contributed by atoms with E-state index in [0.717, 1.165) is 76.8 Å². The van der Waals surface area contributed by atoms with Gasteiger partial charge < -0.3 is 9.64 Å². The van der Waals surface area contributed by atoms with Crippen molar-refractivity contribution in [1.82, 2.24) is 9.88 Å². The van der Waals surface area contributed by atoms with Crippen LogP contribution in [0.5, 0.6) is 0 Å². The van der Waals surface area contributed by atoms with Gasteiger partial charge in [-0.05, 0) is 62.1 Å². The summed E-state index contributed by atoms with van der Waals surface area (Å²) in [6.45, 7) is 4.68. The molecule has 1 amide bonds. The first kappa shape index (κ1) is 21.6. The fourth-order valence-electron chi connectivity index (χ4n) is 6.27. The van der Waals surface area contributed by atoms with Gasteiger partial charge in [-0.1, -0.05) is 55.2 Å². The van der Waals surface area contributed by atoms with E-state index in [-0.39, 0.29) is 16.9 Å². The van der Waals surface area contributed by atoms with E-state index in [0.29, 0.717) is 5.91 Å². The average Bonchev–Trinajstić information content (AvgIpc) is 3.22.